The van der Waals surface area contributed by atoms with Gasteiger partial charge in [-0.15, -0.1) is 0 Å². The van der Waals surface area contributed by atoms with E-state index in [4.69, 9.17) is 11.6 Å². The number of aromatic amines is 1. The minimum absolute atomic E-state index is 0.0496. The van der Waals surface area contributed by atoms with Crippen LogP contribution in [0.25, 0.3) is 0 Å². The minimum Gasteiger partial charge on any atom is -0.391 e. The molecular weight excluding hydrogens is 318 g/mol. The van der Waals surface area contributed by atoms with E-state index in [-0.39, 0.29) is 17.9 Å². The highest BCUT2D eigenvalue weighted by atomic mass is 35.5. The lowest BCUT2D eigenvalue weighted by Crippen LogP contribution is -2.40. The molecule has 1 aliphatic rings. The van der Waals surface area contributed by atoms with Crippen LogP contribution < -0.4 is 5.32 Å². The molecule has 1 fully saturated rings. The zero-order valence-corrected chi connectivity index (χ0v) is 13.4. The van der Waals surface area contributed by atoms with Crippen LogP contribution in [0.3, 0.4) is 0 Å². The molecule has 7 nitrogen and oxygen atoms in total. The number of rotatable bonds is 6. The lowest BCUT2D eigenvalue weighted by molar-refractivity contribution is -0.122. The molecule has 0 bridgehead atoms. The van der Waals surface area contributed by atoms with E-state index >= 15 is 0 Å². The van der Waals surface area contributed by atoms with Gasteiger partial charge in [0.1, 0.15) is 0 Å². The summed E-state index contributed by atoms with van der Waals surface area (Å²) in [4.78, 5) is 18.9. The summed E-state index contributed by atoms with van der Waals surface area (Å²) < 4.78 is 1.78. The van der Waals surface area contributed by atoms with Crippen molar-refractivity contribution in [3.05, 3.63) is 35.6 Å². The number of carbonyl (C=O) groups is 1. The predicted octanol–water partition coefficient (Wildman–Crippen LogP) is 1.15. The number of nitrogens with zero attached hydrogens (tertiary/aromatic N) is 3. The number of hydrogen-bond donors (Lipinski definition) is 3. The van der Waals surface area contributed by atoms with Gasteiger partial charge in [0.15, 0.2) is 0 Å². The lowest BCUT2D eigenvalue weighted by atomic mass is 10.1. The van der Waals surface area contributed by atoms with Gasteiger partial charge in [-0.3, -0.25) is 9.48 Å². The van der Waals surface area contributed by atoms with Crippen LogP contribution in [0.15, 0.2) is 24.9 Å². The zero-order valence-electron chi connectivity index (χ0n) is 12.7. The highest BCUT2D eigenvalue weighted by Crippen LogP contribution is 2.27. The van der Waals surface area contributed by atoms with Crippen LogP contribution >= 0.6 is 11.6 Å². The molecule has 8 heteroatoms. The van der Waals surface area contributed by atoms with Crippen molar-refractivity contribution in [1.82, 2.24) is 25.1 Å². The van der Waals surface area contributed by atoms with E-state index in [1.54, 1.807) is 29.6 Å². The first-order valence-corrected chi connectivity index (χ1v) is 8.10. The highest BCUT2D eigenvalue weighted by Gasteiger charge is 2.34. The van der Waals surface area contributed by atoms with Gasteiger partial charge in [-0.05, 0) is 25.2 Å². The number of aryl methyl sites for hydroxylation is 1. The number of amides is 1. The van der Waals surface area contributed by atoms with Gasteiger partial charge in [0.2, 0.25) is 5.91 Å². The summed E-state index contributed by atoms with van der Waals surface area (Å²) in [5.74, 6) is 0.227. The van der Waals surface area contributed by atoms with Crippen molar-refractivity contribution in [3.63, 3.8) is 0 Å². The first-order chi connectivity index (χ1) is 11.1. The second kappa shape index (κ2) is 7.14. The average molecular weight is 338 g/mol. The van der Waals surface area contributed by atoms with Crippen molar-refractivity contribution >= 4 is 17.5 Å². The molecular formula is C15H20ClN5O2. The Kier molecular flexibility index (Phi) is 4.97. The maximum absolute atomic E-state index is 12.0. The molecule has 1 saturated carbocycles. The van der Waals surface area contributed by atoms with E-state index in [1.807, 2.05) is 0 Å². The van der Waals surface area contributed by atoms with E-state index < -0.39 is 6.10 Å². The van der Waals surface area contributed by atoms with Gasteiger partial charge in [0, 0.05) is 31.1 Å². The molecule has 1 unspecified atom stereocenters. The van der Waals surface area contributed by atoms with Crippen LogP contribution in [0.1, 0.15) is 25.0 Å². The van der Waals surface area contributed by atoms with Crippen molar-refractivity contribution in [2.45, 2.75) is 44.4 Å². The molecule has 0 aromatic carbocycles. The molecule has 1 aliphatic carbocycles. The molecule has 2 heterocycles. The first-order valence-electron chi connectivity index (χ1n) is 7.73. The molecule has 23 heavy (non-hydrogen) atoms. The largest absolute Gasteiger partial charge is 0.391 e. The fourth-order valence-corrected chi connectivity index (χ4v) is 3.23. The van der Waals surface area contributed by atoms with Gasteiger partial charge < -0.3 is 15.4 Å². The molecule has 3 N–H and O–H groups in total. The van der Waals surface area contributed by atoms with Crippen LogP contribution in [-0.2, 0) is 17.8 Å². The second-order valence-corrected chi connectivity index (χ2v) is 6.47. The number of halogens is 1. The van der Waals surface area contributed by atoms with Crippen molar-refractivity contribution < 1.29 is 9.90 Å². The number of aliphatic hydroxyl groups is 1. The molecule has 2 aromatic heterocycles. The normalized spacial score (nSPS) is 24.0. The van der Waals surface area contributed by atoms with E-state index in [2.05, 4.69) is 20.4 Å². The zero-order chi connectivity index (χ0) is 16.2. The Morgan fingerprint density at radius 2 is 2.35 bits per heavy atom. The van der Waals surface area contributed by atoms with Crippen LogP contribution in [0.2, 0.25) is 5.02 Å². The molecule has 3 rings (SSSR count). The number of nitrogens with one attached hydrogen (secondary N) is 2. The lowest BCUT2D eigenvalue weighted by Gasteiger charge is -2.16. The predicted molar refractivity (Wildman–Crippen MR) is 84.8 cm³/mol. The van der Waals surface area contributed by atoms with Crippen LogP contribution in [0.5, 0.6) is 0 Å². The van der Waals surface area contributed by atoms with Crippen LogP contribution in [0.4, 0.5) is 0 Å². The fourth-order valence-electron chi connectivity index (χ4n) is 3.07. The van der Waals surface area contributed by atoms with Gasteiger partial charge in [-0.25, -0.2) is 4.98 Å². The highest BCUT2D eigenvalue weighted by molar-refractivity contribution is 6.30. The van der Waals surface area contributed by atoms with Gasteiger partial charge in [0.25, 0.3) is 0 Å². The SMILES string of the molecule is O=C(CCc1cnc[nH]1)N[C@@H]1CC(Cn2cc(Cl)cn2)C[C@H]1O. The maximum Gasteiger partial charge on any atom is 0.220 e. The number of imidazole rings is 1. The topological polar surface area (TPSA) is 95.8 Å². The summed E-state index contributed by atoms with van der Waals surface area (Å²) in [5.41, 5.74) is 0.931. The monoisotopic (exact) mass is 337 g/mol. The van der Waals surface area contributed by atoms with Crippen molar-refractivity contribution in [2.75, 3.05) is 0 Å². The number of hydrogen-bond acceptors (Lipinski definition) is 4. The average Bonchev–Trinajstić information content (AvgIpc) is 3.21. The Morgan fingerprint density at radius 1 is 1.48 bits per heavy atom. The standard InChI is InChI=1S/C15H20ClN5O2/c16-11-5-19-21(8-11)7-10-3-13(14(22)4-10)20-15(23)2-1-12-6-17-9-18-12/h5-6,8-10,13-14,22H,1-4,7H2,(H,17,18)(H,20,23)/t10?,13-,14-/m1/s1. The second-order valence-electron chi connectivity index (χ2n) is 6.04. The van der Waals surface area contributed by atoms with E-state index in [9.17, 15) is 9.90 Å². The molecule has 124 valence electrons. The number of carbonyl (C=O) groups excluding carboxylic acids is 1. The molecule has 0 spiro atoms. The summed E-state index contributed by atoms with van der Waals surface area (Å²) in [5, 5.41) is 17.8. The third-order valence-corrected chi connectivity index (χ3v) is 4.39. The fraction of sp³-hybridized carbons (Fsp3) is 0.533. The van der Waals surface area contributed by atoms with Crippen LogP contribution in [-0.4, -0.2) is 42.9 Å². The Morgan fingerprint density at radius 3 is 3.04 bits per heavy atom. The summed E-state index contributed by atoms with van der Waals surface area (Å²) in [7, 11) is 0. The Balaban J connectivity index is 1.45. The molecule has 0 aliphatic heterocycles. The first kappa shape index (κ1) is 16.0. The maximum atomic E-state index is 12.0. The molecule has 2 aromatic rings. The summed E-state index contributed by atoms with van der Waals surface area (Å²) in [6, 6.07) is -0.194. The molecule has 0 saturated heterocycles. The van der Waals surface area contributed by atoms with Gasteiger partial charge >= 0.3 is 0 Å². The van der Waals surface area contributed by atoms with E-state index in [0.717, 1.165) is 12.1 Å². The third-order valence-electron chi connectivity index (χ3n) is 4.20. The van der Waals surface area contributed by atoms with Crippen molar-refractivity contribution in [2.24, 2.45) is 5.92 Å². The smallest absolute Gasteiger partial charge is 0.220 e. The number of H-pyrrole nitrogens is 1. The molecule has 0 radical (unpaired) electrons. The van der Waals surface area contributed by atoms with Crippen LogP contribution in [0, 0.1) is 5.92 Å². The molecule has 3 atom stereocenters. The van der Waals surface area contributed by atoms with Gasteiger partial charge in [-0.1, -0.05) is 11.6 Å². The number of aliphatic hydroxyl groups excluding tert-OH is 1. The quantitative estimate of drug-likeness (QED) is 0.736. The minimum atomic E-state index is -0.512. The van der Waals surface area contributed by atoms with Crippen molar-refractivity contribution in [1.29, 1.82) is 0 Å². The van der Waals surface area contributed by atoms with Gasteiger partial charge in [0.05, 0.1) is 29.7 Å². The Labute approximate surface area is 139 Å². The summed E-state index contributed by atoms with van der Waals surface area (Å²) >= 11 is 5.85. The number of aromatic nitrogens is 4. The Bertz CT molecular complexity index is 642. The summed E-state index contributed by atoms with van der Waals surface area (Å²) in [6.07, 6.45) is 8.56. The van der Waals surface area contributed by atoms with E-state index in [0.29, 0.717) is 30.8 Å². The summed E-state index contributed by atoms with van der Waals surface area (Å²) in [6.45, 7) is 0.699. The third kappa shape index (κ3) is 4.33. The van der Waals surface area contributed by atoms with Gasteiger partial charge in [-0.2, -0.15) is 5.10 Å². The van der Waals surface area contributed by atoms with Crippen molar-refractivity contribution in [3.8, 4) is 0 Å². The molecule has 1 amide bonds. The Hall–Kier alpha value is -1.86. The van der Waals surface area contributed by atoms with E-state index in [1.165, 1.54) is 0 Å².